The fourth-order valence-corrected chi connectivity index (χ4v) is 8.78. The molecule has 0 N–H and O–H groups in total. The van der Waals surface area contributed by atoms with Gasteiger partial charge in [-0.2, -0.15) is 0 Å². The number of para-hydroxylation sites is 3. The summed E-state index contributed by atoms with van der Waals surface area (Å²) in [6, 6.07) is 69.0. The summed E-state index contributed by atoms with van der Waals surface area (Å²) in [5.41, 5.74) is 12.4. The minimum Gasteiger partial charge on any atom is -0.456 e. The van der Waals surface area contributed by atoms with Gasteiger partial charge in [-0.15, -0.1) is 0 Å². The minimum atomic E-state index is 0.853. The third kappa shape index (κ3) is 4.66. The highest BCUT2D eigenvalue weighted by Crippen LogP contribution is 2.42. The molecule has 0 aliphatic carbocycles. The van der Waals surface area contributed by atoms with Crippen LogP contribution in [-0.4, -0.2) is 4.57 Å². The second-order valence-electron chi connectivity index (χ2n) is 14.5. The minimum absolute atomic E-state index is 0.853. The van der Waals surface area contributed by atoms with Crippen molar-refractivity contribution in [1.82, 2.24) is 4.57 Å². The molecule has 0 spiro atoms. The first-order chi connectivity index (χ1) is 27.7. The Labute approximate surface area is 321 Å². The molecule has 3 heterocycles. The van der Waals surface area contributed by atoms with Gasteiger partial charge in [-0.3, -0.25) is 0 Å². The van der Waals surface area contributed by atoms with Gasteiger partial charge in [0.1, 0.15) is 22.3 Å². The molecular formula is C52H32N2O2. The highest BCUT2D eigenvalue weighted by atomic mass is 16.3. The predicted octanol–water partition coefficient (Wildman–Crippen LogP) is 14.9. The Bertz CT molecular complexity index is 3360. The smallest absolute Gasteiger partial charge is 0.137 e. The summed E-state index contributed by atoms with van der Waals surface area (Å²) in [4.78, 5) is 2.28. The van der Waals surface area contributed by atoms with Gasteiger partial charge in [-0.1, -0.05) is 109 Å². The molecule has 9 aromatic carbocycles. The number of nitrogens with zero attached hydrogens (tertiary/aromatic N) is 2. The summed E-state index contributed by atoms with van der Waals surface area (Å²) >= 11 is 0. The van der Waals surface area contributed by atoms with E-state index in [0.717, 1.165) is 77.8 Å². The maximum atomic E-state index is 6.36. The maximum absolute atomic E-state index is 6.36. The standard InChI is InChI=1S/C52H32N2O2/c1-2-10-40-35(9-1)21-30-47-52(40)45-13-3-6-14-46(45)54(47)37-24-19-34(20-25-37)33-17-22-36(23-18-33)53(38-26-28-43-41-11-4-7-15-48(41)55-50(43)31-38)39-27-29-44-42-12-5-8-16-49(42)56-51(44)32-39/h1-32H. The summed E-state index contributed by atoms with van der Waals surface area (Å²) in [6.07, 6.45) is 0. The van der Waals surface area contributed by atoms with Crippen LogP contribution in [-0.2, 0) is 0 Å². The fourth-order valence-electron chi connectivity index (χ4n) is 8.78. The van der Waals surface area contributed by atoms with Crippen molar-refractivity contribution in [1.29, 1.82) is 0 Å². The fraction of sp³-hybridized carbons (Fsp3) is 0. The Morgan fingerprint density at radius 2 is 0.839 bits per heavy atom. The van der Waals surface area contributed by atoms with Crippen LogP contribution in [0.5, 0.6) is 0 Å². The topological polar surface area (TPSA) is 34.5 Å². The summed E-state index contributed by atoms with van der Waals surface area (Å²) < 4.78 is 15.1. The van der Waals surface area contributed by atoms with Gasteiger partial charge in [0.2, 0.25) is 0 Å². The van der Waals surface area contributed by atoms with Gasteiger partial charge < -0.3 is 18.3 Å². The summed E-state index contributed by atoms with van der Waals surface area (Å²) in [5.74, 6) is 0. The van der Waals surface area contributed by atoms with E-state index in [2.05, 4.69) is 179 Å². The molecule has 0 atom stereocenters. The molecule has 0 aliphatic rings. The molecule has 0 saturated carbocycles. The van der Waals surface area contributed by atoms with Gasteiger partial charge >= 0.3 is 0 Å². The predicted molar refractivity (Wildman–Crippen MR) is 233 cm³/mol. The Kier molecular flexibility index (Phi) is 6.60. The summed E-state index contributed by atoms with van der Waals surface area (Å²) in [6.45, 7) is 0. The summed E-state index contributed by atoms with van der Waals surface area (Å²) in [5, 5.41) is 9.53. The highest BCUT2D eigenvalue weighted by molar-refractivity contribution is 6.21. The van der Waals surface area contributed by atoms with Gasteiger partial charge in [0, 0.05) is 67.2 Å². The number of benzene rings is 9. The monoisotopic (exact) mass is 716 g/mol. The van der Waals surface area contributed by atoms with Crippen molar-refractivity contribution >= 4 is 93.5 Å². The number of hydrogen-bond acceptors (Lipinski definition) is 3. The first-order valence-electron chi connectivity index (χ1n) is 19.0. The van der Waals surface area contributed by atoms with E-state index in [9.17, 15) is 0 Å². The Balaban J connectivity index is 0.946. The zero-order valence-corrected chi connectivity index (χ0v) is 30.2. The van der Waals surface area contributed by atoms with E-state index in [0.29, 0.717) is 0 Å². The molecule has 0 bridgehead atoms. The van der Waals surface area contributed by atoms with Crippen LogP contribution in [0.2, 0.25) is 0 Å². The number of fused-ring (bicyclic) bond motifs is 11. The number of rotatable bonds is 5. The molecule has 0 unspecified atom stereocenters. The number of anilines is 3. The Morgan fingerprint density at radius 1 is 0.339 bits per heavy atom. The molecule has 3 aromatic heterocycles. The van der Waals surface area contributed by atoms with Crippen molar-refractivity contribution in [3.8, 4) is 16.8 Å². The van der Waals surface area contributed by atoms with Crippen molar-refractivity contribution in [3.63, 3.8) is 0 Å². The molecule has 4 nitrogen and oxygen atoms in total. The third-order valence-electron chi connectivity index (χ3n) is 11.4. The zero-order valence-electron chi connectivity index (χ0n) is 30.2. The molecular weight excluding hydrogens is 685 g/mol. The zero-order chi connectivity index (χ0) is 36.7. The molecule has 4 heteroatoms. The largest absolute Gasteiger partial charge is 0.456 e. The molecule has 0 amide bonds. The van der Waals surface area contributed by atoms with Crippen LogP contribution in [0.3, 0.4) is 0 Å². The van der Waals surface area contributed by atoms with Gasteiger partial charge in [0.25, 0.3) is 0 Å². The van der Waals surface area contributed by atoms with E-state index in [1.807, 2.05) is 24.3 Å². The number of hydrogen-bond donors (Lipinski definition) is 0. The molecule has 12 rings (SSSR count). The molecule has 262 valence electrons. The van der Waals surface area contributed by atoms with Crippen LogP contribution >= 0.6 is 0 Å². The van der Waals surface area contributed by atoms with E-state index in [1.165, 1.54) is 32.6 Å². The van der Waals surface area contributed by atoms with Crippen LogP contribution in [0.15, 0.2) is 203 Å². The van der Waals surface area contributed by atoms with Crippen LogP contribution in [0.4, 0.5) is 17.1 Å². The van der Waals surface area contributed by atoms with Crippen molar-refractivity contribution in [2.45, 2.75) is 0 Å². The van der Waals surface area contributed by atoms with E-state index in [1.54, 1.807) is 0 Å². The van der Waals surface area contributed by atoms with E-state index < -0.39 is 0 Å². The van der Waals surface area contributed by atoms with Crippen LogP contribution in [0.1, 0.15) is 0 Å². The normalized spacial score (nSPS) is 11.9. The summed E-state index contributed by atoms with van der Waals surface area (Å²) in [7, 11) is 0. The second kappa shape index (κ2) is 12.0. The van der Waals surface area contributed by atoms with Crippen molar-refractivity contribution in [2.24, 2.45) is 0 Å². The highest BCUT2D eigenvalue weighted by Gasteiger charge is 2.19. The maximum Gasteiger partial charge on any atom is 0.137 e. The SMILES string of the molecule is c1ccc2c(c1)ccc1c2c2ccccc2n1-c1ccc(-c2ccc(N(c3ccc4c(c3)oc3ccccc34)c3ccc4c(c3)oc3ccccc34)cc2)cc1. The molecule has 56 heavy (non-hydrogen) atoms. The van der Waals surface area contributed by atoms with Crippen LogP contribution < -0.4 is 4.90 Å². The van der Waals surface area contributed by atoms with Crippen molar-refractivity contribution in [3.05, 3.63) is 194 Å². The molecule has 12 aromatic rings. The lowest BCUT2D eigenvalue weighted by atomic mass is 10.0. The van der Waals surface area contributed by atoms with Gasteiger partial charge in [-0.05, 0) is 94.7 Å². The number of aromatic nitrogens is 1. The Hall–Kier alpha value is -7.56. The van der Waals surface area contributed by atoms with Gasteiger partial charge in [0.05, 0.1) is 11.0 Å². The molecule has 0 fully saturated rings. The molecule has 0 saturated heterocycles. The quantitative estimate of drug-likeness (QED) is 0.178. The van der Waals surface area contributed by atoms with Gasteiger partial charge in [-0.25, -0.2) is 0 Å². The lowest BCUT2D eigenvalue weighted by Crippen LogP contribution is -2.09. The van der Waals surface area contributed by atoms with Crippen LogP contribution in [0, 0.1) is 0 Å². The molecule has 0 aliphatic heterocycles. The first kappa shape index (κ1) is 30.9. The third-order valence-corrected chi connectivity index (χ3v) is 11.4. The van der Waals surface area contributed by atoms with E-state index in [4.69, 9.17) is 8.83 Å². The first-order valence-corrected chi connectivity index (χ1v) is 19.0. The van der Waals surface area contributed by atoms with E-state index >= 15 is 0 Å². The lowest BCUT2D eigenvalue weighted by molar-refractivity contribution is 0.669. The number of furan rings is 2. The average molecular weight is 717 g/mol. The van der Waals surface area contributed by atoms with Crippen LogP contribution in [0.25, 0.3) is 93.3 Å². The van der Waals surface area contributed by atoms with E-state index in [-0.39, 0.29) is 0 Å². The van der Waals surface area contributed by atoms with Gasteiger partial charge in [0.15, 0.2) is 0 Å². The molecule has 0 radical (unpaired) electrons. The lowest BCUT2D eigenvalue weighted by Gasteiger charge is -2.25. The second-order valence-corrected chi connectivity index (χ2v) is 14.5. The average Bonchev–Trinajstić information content (AvgIpc) is 3.93. The van der Waals surface area contributed by atoms with Crippen molar-refractivity contribution in [2.75, 3.05) is 4.90 Å². The Morgan fingerprint density at radius 3 is 1.48 bits per heavy atom. The van der Waals surface area contributed by atoms with Crippen molar-refractivity contribution < 1.29 is 8.83 Å².